The van der Waals surface area contributed by atoms with Crippen LogP contribution in [0, 0.1) is 0 Å². The van der Waals surface area contributed by atoms with Crippen LogP contribution in [0.5, 0.6) is 0 Å². The number of hydrogen-bond acceptors (Lipinski definition) is 3. The SMILES string of the molecule is c1cc(-c2ccc3c(ccc4cc(-c5cc6cccnc6c6cnccc56)ccc43)c2)cc(-c2nc3ccccc3c3c4ccccc4c4ccccc4c23)c1. The van der Waals surface area contributed by atoms with E-state index < -0.39 is 0 Å². The zero-order valence-corrected chi connectivity index (χ0v) is 30.2. The van der Waals surface area contributed by atoms with Gasteiger partial charge < -0.3 is 0 Å². The minimum absolute atomic E-state index is 0.983. The number of hydrogen-bond donors (Lipinski definition) is 0. The highest BCUT2D eigenvalue weighted by Gasteiger charge is 2.18. The van der Waals surface area contributed by atoms with Crippen molar-refractivity contribution in [2.24, 2.45) is 0 Å². The van der Waals surface area contributed by atoms with Gasteiger partial charge in [0, 0.05) is 51.1 Å². The number of benzene rings is 9. The molecule has 3 aromatic heterocycles. The summed E-state index contributed by atoms with van der Waals surface area (Å²) in [7, 11) is 0. The molecule has 0 aliphatic rings. The maximum Gasteiger partial charge on any atom is 0.0796 e. The summed E-state index contributed by atoms with van der Waals surface area (Å²) in [5.41, 5.74) is 8.83. The van der Waals surface area contributed by atoms with Crippen LogP contribution in [0.1, 0.15) is 0 Å². The van der Waals surface area contributed by atoms with Gasteiger partial charge in [-0.15, -0.1) is 0 Å². The van der Waals surface area contributed by atoms with E-state index in [1.54, 1.807) is 0 Å². The predicted octanol–water partition coefficient (Wildman–Crippen LogP) is 14.1. The monoisotopic (exact) mass is 709 g/mol. The van der Waals surface area contributed by atoms with Crippen molar-refractivity contribution in [3.05, 3.63) is 188 Å². The molecule has 3 heterocycles. The Labute approximate surface area is 322 Å². The van der Waals surface area contributed by atoms with Crippen molar-refractivity contribution in [2.75, 3.05) is 0 Å². The zero-order chi connectivity index (χ0) is 36.7. The lowest BCUT2D eigenvalue weighted by molar-refractivity contribution is 1.36. The molecule has 0 fully saturated rings. The van der Waals surface area contributed by atoms with E-state index in [2.05, 4.69) is 174 Å². The van der Waals surface area contributed by atoms with Crippen LogP contribution in [0.25, 0.3) is 120 Å². The Morgan fingerprint density at radius 3 is 1.80 bits per heavy atom. The molecule has 3 heteroatoms. The second-order valence-corrected chi connectivity index (χ2v) is 14.8. The largest absolute Gasteiger partial charge is 0.264 e. The highest BCUT2D eigenvalue weighted by molar-refractivity contribution is 6.33. The van der Waals surface area contributed by atoms with E-state index in [4.69, 9.17) is 4.98 Å². The van der Waals surface area contributed by atoms with Gasteiger partial charge in [-0.3, -0.25) is 9.97 Å². The average Bonchev–Trinajstić information content (AvgIpc) is 3.28. The standard InChI is InChI=1S/C53H31N3/c1-3-14-44-41(12-1)42-13-2-4-15-45(42)51-50(44)46-16-5-6-17-49(46)56-53(51)37-10-7-9-32(28-37)33-20-22-39-34(27-33)18-19-35-29-36(21-23-40(35)39)47-30-38-11-8-25-55-52(38)48-31-54-26-24-43(47)48/h1-31H. The third-order valence-corrected chi connectivity index (χ3v) is 11.7. The first-order valence-electron chi connectivity index (χ1n) is 19.1. The molecule has 12 rings (SSSR count). The highest BCUT2D eigenvalue weighted by Crippen LogP contribution is 2.43. The molecule has 258 valence electrons. The van der Waals surface area contributed by atoms with Gasteiger partial charge in [-0.25, -0.2) is 4.98 Å². The van der Waals surface area contributed by atoms with Gasteiger partial charge >= 0.3 is 0 Å². The van der Waals surface area contributed by atoms with Crippen molar-refractivity contribution in [1.29, 1.82) is 0 Å². The van der Waals surface area contributed by atoms with E-state index in [-0.39, 0.29) is 0 Å². The fourth-order valence-corrected chi connectivity index (χ4v) is 9.15. The van der Waals surface area contributed by atoms with E-state index in [9.17, 15) is 0 Å². The molecule has 0 unspecified atom stereocenters. The molecule has 0 spiro atoms. The molecule has 9 aromatic carbocycles. The molecule has 0 saturated carbocycles. The van der Waals surface area contributed by atoms with Gasteiger partial charge in [0.05, 0.1) is 16.7 Å². The molecule has 56 heavy (non-hydrogen) atoms. The number of pyridine rings is 3. The molecular formula is C53H31N3. The smallest absolute Gasteiger partial charge is 0.0796 e. The normalized spacial score (nSPS) is 11.9. The fourth-order valence-electron chi connectivity index (χ4n) is 9.15. The number of aromatic nitrogens is 3. The van der Waals surface area contributed by atoms with Crippen molar-refractivity contribution in [2.45, 2.75) is 0 Å². The third kappa shape index (κ3) is 4.61. The molecule has 0 aliphatic heterocycles. The Balaban J connectivity index is 0.998. The zero-order valence-electron chi connectivity index (χ0n) is 30.2. The summed E-state index contributed by atoms with van der Waals surface area (Å²) in [6, 6.07) is 61.8. The first kappa shape index (κ1) is 30.9. The second kappa shape index (κ2) is 12.0. The quantitative estimate of drug-likeness (QED) is 0.171. The summed E-state index contributed by atoms with van der Waals surface area (Å²) < 4.78 is 0. The molecule has 0 amide bonds. The Kier molecular flexibility index (Phi) is 6.63. The van der Waals surface area contributed by atoms with Crippen molar-refractivity contribution in [3.63, 3.8) is 0 Å². The lowest BCUT2D eigenvalue weighted by Gasteiger charge is -2.16. The summed E-state index contributed by atoms with van der Waals surface area (Å²) in [5, 5.41) is 16.9. The number of rotatable bonds is 3. The summed E-state index contributed by atoms with van der Waals surface area (Å²) >= 11 is 0. The summed E-state index contributed by atoms with van der Waals surface area (Å²) in [6.45, 7) is 0. The van der Waals surface area contributed by atoms with Gasteiger partial charge in [0.15, 0.2) is 0 Å². The van der Waals surface area contributed by atoms with E-state index in [1.165, 1.54) is 81.5 Å². The van der Waals surface area contributed by atoms with E-state index in [0.717, 1.165) is 38.4 Å². The topological polar surface area (TPSA) is 38.7 Å². The first-order chi connectivity index (χ1) is 27.8. The van der Waals surface area contributed by atoms with E-state index >= 15 is 0 Å². The first-order valence-corrected chi connectivity index (χ1v) is 19.1. The number of nitrogens with zero attached hydrogens (tertiary/aromatic N) is 3. The van der Waals surface area contributed by atoms with Gasteiger partial charge in [0.2, 0.25) is 0 Å². The van der Waals surface area contributed by atoms with Gasteiger partial charge in [0.25, 0.3) is 0 Å². The molecule has 12 aromatic rings. The van der Waals surface area contributed by atoms with Crippen LogP contribution in [0.3, 0.4) is 0 Å². The van der Waals surface area contributed by atoms with Gasteiger partial charge in [-0.2, -0.15) is 0 Å². The van der Waals surface area contributed by atoms with E-state index in [1.807, 2.05) is 24.7 Å². The number of fused-ring (bicyclic) bond motifs is 14. The van der Waals surface area contributed by atoms with Crippen LogP contribution in [0.2, 0.25) is 0 Å². The predicted molar refractivity (Wildman–Crippen MR) is 236 cm³/mol. The minimum atomic E-state index is 0.983. The Morgan fingerprint density at radius 1 is 0.339 bits per heavy atom. The van der Waals surface area contributed by atoms with Crippen molar-refractivity contribution >= 4 is 86.4 Å². The Hall–Kier alpha value is -7.49. The van der Waals surface area contributed by atoms with Crippen LogP contribution in [-0.2, 0) is 0 Å². The molecule has 0 aliphatic carbocycles. The molecule has 0 N–H and O–H groups in total. The molecule has 0 atom stereocenters. The van der Waals surface area contributed by atoms with E-state index in [0.29, 0.717) is 0 Å². The molecule has 3 nitrogen and oxygen atoms in total. The number of para-hydroxylation sites is 1. The maximum absolute atomic E-state index is 5.40. The highest BCUT2D eigenvalue weighted by atomic mass is 14.7. The van der Waals surface area contributed by atoms with Crippen molar-refractivity contribution < 1.29 is 0 Å². The van der Waals surface area contributed by atoms with Gasteiger partial charge in [0.1, 0.15) is 0 Å². The second-order valence-electron chi connectivity index (χ2n) is 14.8. The molecule has 0 saturated heterocycles. The lowest BCUT2D eigenvalue weighted by atomic mass is 9.89. The molecule has 0 bridgehead atoms. The maximum atomic E-state index is 5.40. The third-order valence-electron chi connectivity index (χ3n) is 11.7. The summed E-state index contributed by atoms with van der Waals surface area (Å²) in [5.74, 6) is 0. The molecule has 0 radical (unpaired) electrons. The van der Waals surface area contributed by atoms with Gasteiger partial charge in [-0.1, -0.05) is 127 Å². The van der Waals surface area contributed by atoms with Crippen LogP contribution < -0.4 is 0 Å². The average molecular weight is 710 g/mol. The lowest BCUT2D eigenvalue weighted by Crippen LogP contribution is -1.93. The van der Waals surface area contributed by atoms with Gasteiger partial charge in [-0.05, 0) is 113 Å². The van der Waals surface area contributed by atoms with Crippen molar-refractivity contribution in [1.82, 2.24) is 15.0 Å². The Morgan fingerprint density at radius 2 is 1.00 bits per heavy atom. The van der Waals surface area contributed by atoms with Crippen molar-refractivity contribution in [3.8, 4) is 33.5 Å². The minimum Gasteiger partial charge on any atom is -0.264 e. The Bertz CT molecular complexity index is 3600. The molecular weight excluding hydrogens is 679 g/mol. The fraction of sp³-hybridized carbons (Fsp3) is 0. The van der Waals surface area contributed by atoms with Crippen LogP contribution in [0.4, 0.5) is 0 Å². The van der Waals surface area contributed by atoms with Crippen LogP contribution in [0.15, 0.2) is 188 Å². The van der Waals surface area contributed by atoms with Crippen LogP contribution in [-0.4, -0.2) is 15.0 Å². The summed E-state index contributed by atoms with van der Waals surface area (Å²) in [4.78, 5) is 14.5. The summed E-state index contributed by atoms with van der Waals surface area (Å²) in [6.07, 6.45) is 5.65. The van der Waals surface area contributed by atoms with Crippen LogP contribution >= 0.6 is 0 Å².